The Labute approximate surface area is 224 Å². The molecule has 1 aliphatic heterocycles. The van der Waals surface area contributed by atoms with Crippen molar-refractivity contribution in [3.8, 4) is 23.1 Å². The van der Waals surface area contributed by atoms with Gasteiger partial charge in [-0.15, -0.1) is 0 Å². The second kappa shape index (κ2) is 11.8. The predicted octanol–water partition coefficient (Wildman–Crippen LogP) is 5.34. The first-order valence-corrected chi connectivity index (χ1v) is 13.2. The Bertz CT molecular complexity index is 1310. The number of rotatable bonds is 8. The third-order valence-electron chi connectivity index (χ3n) is 6.75. The van der Waals surface area contributed by atoms with Gasteiger partial charge in [0.2, 0.25) is 5.82 Å². The van der Waals surface area contributed by atoms with E-state index in [0.717, 1.165) is 66.0 Å². The van der Waals surface area contributed by atoms with E-state index < -0.39 is 5.60 Å². The Morgan fingerprint density at radius 3 is 2.58 bits per heavy atom. The number of aromatic nitrogens is 3. The molecule has 3 aromatic rings. The lowest BCUT2D eigenvalue weighted by molar-refractivity contribution is 0.0177. The molecule has 0 N–H and O–H groups in total. The van der Waals surface area contributed by atoms with Gasteiger partial charge in [-0.2, -0.15) is 5.26 Å². The molecule has 0 bridgehead atoms. The van der Waals surface area contributed by atoms with Crippen LogP contribution in [0.1, 0.15) is 51.4 Å². The molecule has 0 atom stereocenters. The van der Waals surface area contributed by atoms with Crippen molar-refractivity contribution in [1.82, 2.24) is 19.4 Å². The van der Waals surface area contributed by atoms with Crippen molar-refractivity contribution in [2.24, 2.45) is 5.92 Å². The average molecular weight is 520 g/mol. The lowest BCUT2D eigenvalue weighted by atomic mass is 9.94. The van der Waals surface area contributed by atoms with Gasteiger partial charge in [-0.05, 0) is 82.7 Å². The molecular formula is C29H37N5O4. The molecule has 9 nitrogen and oxygen atoms in total. The molecule has 1 aliphatic rings. The normalized spacial score (nSPS) is 14.5. The molecule has 3 heterocycles. The van der Waals surface area contributed by atoms with Crippen molar-refractivity contribution in [3.63, 3.8) is 0 Å². The minimum Gasteiger partial charge on any atom is -0.493 e. The van der Waals surface area contributed by atoms with Crippen LogP contribution in [0.4, 0.5) is 4.79 Å². The molecular weight excluding hydrogens is 482 g/mol. The molecule has 1 aromatic carbocycles. The topological polar surface area (TPSA) is 103 Å². The van der Waals surface area contributed by atoms with E-state index in [9.17, 15) is 10.1 Å². The van der Waals surface area contributed by atoms with Gasteiger partial charge in [-0.1, -0.05) is 0 Å². The average Bonchev–Trinajstić information content (AvgIpc) is 3.30. The van der Waals surface area contributed by atoms with E-state index in [1.165, 1.54) is 0 Å². The third kappa shape index (κ3) is 6.62. The molecule has 202 valence electrons. The van der Waals surface area contributed by atoms with Crippen LogP contribution in [0, 0.1) is 24.2 Å². The zero-order valence-electron chi connectivity index (χ0n) is 23.0. The van der Waals surface area contributed by atoms with Crippen LogP contribution in [0.3, 0.4) is 0 Å². The van der Waals surface area contributed by atoms with E-state index in [-0.39, 0.29) is 11.9 Å². The van der Waals surface area contributed by atoms with Crippen molar-refractivity contribution in [2.75, 3.05) is 33.4 Å². The number of amides is 1. The van der Waals surface area contributed by atoms with E-state index in [4.69, 9.17) is 14.2 Å². The Balaban J connectivity index is 1.37. The SMILES string of the molecule is COCCn1ccc2c(-c3ccc(OCCC4CCN(C(=O)OC(C)(C)C)CC4)c(C)c3)nc(C#N)nc21. The minimum absolute atomic E-state index is 0.139. The quantitative estimate of drug-likeness (QED) is 0.396. The summed E-state index contributed by atoms with van der Waals surface area (Å²) in [5.41, 5.74) is 2.90. The van der Waals surface area contributed by atoms with Crippen molar-refractivity contribution in [2.45, 2.75) is 59.1 Å². The lowest BCUT2D eigenvalue weighted by Gasteiger charge is -2.33. The fourth-order valence-corrected chi connectivity index (χ4v) is 4.73. The van der Waals surface area contributed by atoms with Gasteiger partial charge >= 0.3 is 6.09 Å². The van der Waals surface area contributed by atoms with Gasteiger partial charge in [0.25, 0.3) is 0 Å². The van der Waals surface area contributed by atoms with Crippen LogP contribution in [0.25, 0.3) is 22.3 Å². The summed E-state index contributed by atoms with van der Waals surface area (Å²) >= 11 is 0. The first kappa shape index (κ1) is 27.4. The Kier molecular flexibility index (Phi) is 8.52. The highest BCUT2D eigenvalue weighted by Gasteiger charge is 2.26. The summed E-state index contributed by atoms with van der Waals surface area (Å²) in [6, 6.07) is 10.1. The maximum absolute atomic E-state index is 12.3. The number of nitriles is 1. The second-order valence-corrected chi connectivity index (χ2v) is 10.8. The van der Waals surface area contributed by atoms with Crippen LogP contribution < -0.4 is 4.74 Å². The number of likely N-dealkylation sites (tertiary alicyclic amines) is 1. The summed E-state index contributed by atoms with van der Waals surface area (Å²) in [4.78, 5) is 23.0. The number of aryl methyl sites for hydroxylation is 1. The first-order chi connectivity index (χ1) is 18.2. The van der Waals surface area contributed by atoms with Crippen LogP contribution in [0.2, 0.25) is 0 Å². The second-order valence-electron chi connectivity index (χ2n) is 10.8. The van der Waals surface area contributed by atoms with E-state index >= 15 is 0 Å². The largest absolute Gasteiger partial charge is 0.493 e. The number of methoxy groups -OCH3 is 1. The monoisotopic (exact) mass is 519 g/mol. The molecule has 1 saturated heterocycles. The fraction of sp³-hybridized carbons (Fsp3) is 0.517. The molecule has 2 aromatic heterocycles. The van der Waals surface area contributed by atoms with Crippen molar-refractivity contribution < 1.29 is 19.0 Å². The molecule has 4 rings (SSSR count). The van der Waals surface area contributed by atoms with E-state index in [0.29, 0.717) is 25.7 Å². The maximum atomic E-state index is 12.3. The molecule has 1 amide bonds. The number of fused-ring (bicyclic) bond motifs is 1. The summed E-state index contributed by atoms with van der Waals surface area (Å²) in [5.74, 6) is 1.50. The summed E-state index contributed by atoms with van der Waals surface area (Å²) in [6.07, 6.45) is 4.57. The standard InChI is InChI=1S/C29H37N5O4/c1-20-18-22(26-23-10-14-33(15-17-36-5)27(23)32-25(19-30)31-26)6-7-24(20)37-16-11-21-8-12-34(13-9-21)28(35)38-29(2,3)4/h6-7,10,14,18,21H,8-9,11-13,15-17H2,1-5H3. The van der Waals surface area contributed by atoms with Gasteiger partial charge in [0.15, 0.2) is 0 Å². The van der Waals surface area contributed by atoms with E-state index in [1.54, 1.807) is 12.0 Å². The van der Waals surface area contributed by atoms with Gasteiger partial charge in [0.1, 0.15) is 23.1 Å². The minimum atomic E-state index is -0.470. The van der Waals surface area contributed by atoms with Crippen molar-refractivity contribution in [1.29, 1.82) is 5.26 Å². The highest BCUT2D eigenvalue weighted by atomic mass is 16.6. The van der Waals surface area contributed by atoms with Crippen LogP contribution >= 0.6 is 0 Å². The number of nitrogens with zero attached hydrogens (tertiary/aromatic N) is 5. The lowest BCUT2D eigenvalue weighted by Crippen LogP contribution is -2.41. The number of piperidine rings is 1. The zero-order valence-corrected chi connectivity index (χ0v) is 23.0. The summed E-state index contributed by atoms with van der Waals surface area (Å²) in [6.45, 7) is 11.0. The Morgan fingerprint density at radius 2 is 1.92 bits per heavy atom. The fourth-order valence-electron chi connectivity index (χ4n) is 4.73. The first-order valence-electron chi connectivity index (χ1n) is 13.2. The van der Waals surface area contributed by atoms with Crippen LogP contribution in [0.15, 0.2) is 30.5 Å². The van der Waals surface area contributed by atoms with E-state index in [1.807, 2.05) is 62.7 Å². The predicted molar refractivity (Wildman–Crippen MR) is 145 cm³/mol. The molecule has 0 unspecified atom stereocenters. The highest BCUT2D eigenvalue weighted by Crippen LogP contribution is 2.31. The molecule has 0 spiro atoms. The number of carbonyl (C=O) groups is 1. The van der Waals surface area contributed by atoms with Crippen molar-refractivity contribution in [3.05, 3.63) is 41.9 Å². The Morgan fingerprint density at radius 1 is 1.16 bits per heavy atom. The van der Waals surface area contributed by atoms with Gasteiger partial charge < -0.3 is 23.7 Å². The molecule has 0 aliphatic carbocycles. The smallest absolute Gasteiger partial charge is 0.410 e. The highest BCUT2D eigenvalue weighted by molar-refractivity contribution is 5.91. The number of hydrogen-bond acceptors (Lipinski definition) is 7. The van der Waals surface area contributed by atoms with Gasteiger partial charge in [0.05, 0.1) is 18.9 Å². The van der Waals surface area contributed by atoms with Crippen LogP contribution in [-0.2, 0) is 16.0 Å². The molecule has 1 fully saturated rings. The van der Waals surface area contributed by atoms with Crippen LogP contribution in [-0.4, -0.2) is 64.5 Å². The van der Waals surface area contributed by atoms with Gasteiger partial charge in [0, 0.05) is 43.9 Å². The maximum Gasteiger partial charge on any atom is 0.410 e. The number of ether oxygens (including phenoxy) is 3. The molecule has 9 heteroatoms. The molecule has 0 saturated carbocycles. The molecule has 0 radical (unpaired) electrons. The number of hydrogen-bond donors (Lipinski definition) is 0. The molecule has 38 heavy (non-hydrogen) atoms. The zero-order chi connectivity index (χ0) is 27.3. The third-order valence-corrected chi connectivity index (χ3v) is 6.75. The number of carbonyl (C=O) groups excluding carboxylic acids is 1. The van der Waals surface area contributed by atoms with Crippen molar-refractivity contribution >= 4 is 17.1 Å². The number of benzene rings is 1. The Hall–Kier alpha value is -3.64. The van der Waals surface area contributed by atoms with Crippen LogP contribution in [0.5, 0.6) is 5.75 Å². The van der Waals surface area contributed by atoms with Gasteiger partial charge in [-0.25, -0.2) is 14.8 Å². The van der Waals surface area contributed by atoms with E-state index in [2.05, 4.69) is 16.0 Å². The summed E-state index contributed by atoms with van der Waals surface area (Å²) in [5, 5.41) is 10.4. The van der Waals surface area contributed by atoms with Gasteiger partial charge in [-0.3, -0.25) is 0 Å². The summed E-state index contributed by atoms with van der Waals surface area (Å²) in [7, 11) is 1.66. The summed E-state index contributed by atoms with van der Waals surface area (Å²) < 4.78 is 18.8.